The summed E-state index contributed by atoms with van der Waals surface area (Å²) in [6, 6.07) is 12.9. The molecule has 2 N–H and O–H groups in total. The standard InChI is InChI=1S/C19H12F3N5O/c20-19(21,22)14-2-1-3-16(8-14)26-17(28)13-10-24-18(25-11-13)27-15-6-4-12(9-23)5-7-15/h1-8,10-11H,(H,26,28)(H,24,25,27). The van der Waals surface area contributed by atoms with Crippen molar-refractivity contribution in [1.82, 2.24) is 9.97 Å². The highest BCUT2D eigenvalue weighted by Crippen LogP contribution is 2.30. The molecule has 140 valence electrons. The van der Waals surface area contributed by atoms with Crippen LogP contribution in [0.5, 0.6) is 0 Å². The Kier molecular flexibility index (Phi) is 5.22. The summed E-state index contributed by atoms with van der Waals surface area (Å²) in [7, 11) is 0. The van der Waals surface area contributed by atoms with Crippen LogP contribution in [0.2, 0.25) is 0 Å². The van der Waals surface area contributed by atoms with E-state index in [1.807, 2.05) is 6.07 Å². The van der Waals surface area contributed by atoms with Crippen molar-refractivity contribution in [3.63, 3.8) is 0 Å². The van der Waals surface area contributed by atoms with E-state index in [0.717, 1.165) is 12.1 Å². The average Bonchev–Trinajstić information content (AvgIpc) is 2.69. The molecule has 1 amide bonds. The van der Waals surface area contributed by atoms with Crippen LogP contribution in [0.3, 0.4) is 0 Å². The first-order valence-electron chi connectivity index (χ1n) is 7.93. The molecule has 0 bridgehead atoms. The molecule has 1 aromatic heterocycles. The van der Waals surface area contributed by atoms with Crippen LogP contribution in [0.4, 0.5) is 30.5 Å². The minimum atomic E-state index is -4.50. The molecular formula is C19H12F3N5O. The molecule has 0 atom stereocenters. The number of benzene rings is 2. The molecule has 0 aliphatic heterocycles. The number of nitriles is 1. The fourth-order valence-corrected chi connectivity index (χ4v) is 2.24. The Hall–Kier alpha value is -3.93. The highest BCUT2D eigenvalue weighted by molar-refractivity contribution is 6.03. The Balaban J connectivity index is 1.67. The number of alkyl halides is 3. The van der Waals surface area contributed by atoms with E-state index in [1.54, 1.807) is 24.3 Å². The molecule has 0 aliphatic carbocycles. The number of hydrogen-bond acceptors (Lipinski definition) is 5. The van der Waals surface area contributed by atoms with E-state index in [0.29, 0.717) is 11.3 Å². The van der Waals surface area contributed by atoms with Crippen molar-refractivity contribution in [3.05, 3.63) is 77.6 Å². The van der Waals surface area contributed by atoms with Gasteiger partial charge in [-0.15, -0.1) is 0 Å². The number of carbonyl (C=O) groups excluding carboxylic acids is 1. The highest BCUT2D eigenvalue weighted by Gasteiger charge is 2.30. The summed E-state index contributed by atoms with van der Waals surface area (Å²) in [6.45, 7) is 0. The molecule has 3 aromatic rings. The largest absolute Gasteiger partial charge is 0.416 e. The first-order valence-corrected chi connectivity index (χ1v) is 7.93. The van der Waals surface area contributed by atoms with Gasteiger partial charge in [0.25, 0.3) is 5.91 Å². The maximum Gasteiger partial charge on any atom is 0.416 e. The fraction of sp³-hybridized carbons (Fsp3) is 0.0526. The molecule has 0 aliphatic rings. The third kappa shape index (κ3) is 4.62. The molecule has 0 saturated carbocycles. The van der Waals surface area contributed by atoms with E-state index < -0.39 is 17.6 Å². The second-order valence-electron chi connectivity index (χ2n) is 5.64. The van der Waals surface area contributed by atoms with Crippen LogP contribution in [0.15, 0.2) is 60.9 Å². The van der Waals surface area contributed by atoms with E-state index in [4.69, 9.17) is 5.26 Å². The predicted molar refractivity (Wildman–Crippen MR) is 95.9 cm³/mol. The molecule has 2 aromatic carbocycles. The van der Waals surface area contributed by atoms with Crippen LogP contribution in [0.1, 0.15) is 21.5 Å². The zero-order valence-electron chi connectivity index (χ0n) is 14.2. The lowest BCUT2D eigenvalue weighted by Gasteiger charge is -2.10. The number of carbonyl (C=O) groups is 1. The second-order valence-corrected chi connectivity index (χ2v) is 5.64. The maximum absolute atomic E-state index is 12.7. The summed E-state index contributed by atoms with van der Waals surface area (Å²) in [6.07, 6.45) is -1.99. The SMILES string of the molecule is N#Cc1ccc(Nc2ncc(C(=O)Nc3cccc(C(F)(F)F)c3)cn2)cc1. The van der Waals surface area contributed by atoms with E-state index in [1.165, 1.54) is 24.5 Å². The van der Waals surface area contributed by atoms with Crippen LogP contribution in [-0.2, 0) is 6.18 Å². The van der Waals surface area contributed by atoms with Crippen LogP contribution < -0.4 is 10.6 Å². The van der Waals surface area contributed by atoms with Crippen molar-refractivity contribution in [2.45, 2.75) is 6.18 Å². The van der Waals surface area contributed by atoms with Gasteiger partial charge in [0.05, 0.1) is 22.8 Å². The molecule has 28 heavy (non-hydrogen) atoms. The number of nitrogens with zero attached hydrogens (tertiary/aromatic N) is 3. The summed E-state index contributed by atoms with van der Waals surface area (Å²) >= 11 is 0. The van der Waals surface area contributed by atoms with E-state index in [-0.39, 0.29) is 17.2 Å². The quantitative estimate of drug-likeness (QED) is 0.698. The molecule has 1 heterocycles. The Bertz CT molecular complexity index is 1030. The smallest absolute Gasteiger partial charge is 0.324 e. The summed E-state index contributed by atoms with van der Waals surface area (Å²) in [5.74, 6) is -0.412. The van der Waals surface area contributed by atoms with Crippen LogP contribution in [0, 0.1) is 11.3 Å². The van der Waals surface area contributed by atoms with E-state index in [2.05, 4.69) is 20.6 Å². The van der Waals surface area contributed by atoms with Gasteiger partial charge in [0, 0.05) is 23.8 Å². The third-order valence-electron chi connectivity index (χ3n) is 3.63. The number of aromatic nitrogens is 2. The second kappa shape index (κ2) is 7.75. The van der Waals surface area contributed by atoms with Gasteiger partial charge in [0.1, 0.15) is 0 Å². The molecular weight excluding hydrogens is 371 g/mol. The Labute approximate surface area is 157 Å². The third-order valence-corrected chi connectivity index (χ3v) is 3.63. The normalized spacial score (nSPS) is 10.8. The predicted octanol–water partition coefficient (Wildman–Crippen LogP) is 4.36. The maximum atomic E-state index is 12.7. The fourth-order valence-electron chi connectivity index (χ4n) is 2.24. The Morgan fingerprint density at radius 1 is 1.00 bits per heavy atom. The summed E-state index contributed by atoms with van der Waals surface area (Å²) < 4.78 is 38.2. The van der Waals surface area contributed by atoms with Crippen LogP contribution in [-0.4, -0.2) is 15.9 Å². The van der Waals surface area contributed by atoms with E-state index in [9.17, 15) is 18.0 Å². The summed E-state index contributed by atoms with van der Waals surface area (Å²) in [4.78, 5) is 20.2. The molecule has 6 nitrogen and oxygen atoms in total. The zero-order chi connectivity index (χ0) is 20.1. The van der Waals surface area contributed by atoms with Gasteiger partial charge >= 0.3 is 6.18 Å². The van der Waals surface area contributed by atoms with Crippen LogP contribution >= 0.6 is 0 Å². The molecule has 9 heteroatoms. The molecule has 0 saturated heterocycles. The average molecular weight is 383 g/mol. The summed E-state index contributed by atoms with van der Waals surface area (Å²) in [5, 5.41) is 14.1. The van der Waals surface area contributed by atoms with Gasteiger partial charge in [-0.1, -0.05) is 6.07 Å². The first-order chi connectivity index (χ1) is 13.3. The van der Waals surface area contributed by atoms with Gasteiger partial charge in [-0.05, 0) is 42.5 Å². The minimum Gasteiger partial charge on any atom is -0.324 e. The van der Waals surface area contributed by atoms with Gasteiger partial charge in [-0.2, -0.15) is 18.4 Å². The van der Waals surface area contributed by atoms with Crippen LogP contribution in [0.25, 0.3) is 0 Å². The van der Waals surface area contributed by atoms with E-state index >= 15 is 0 Å². The summed E-state index contributed by atoms with van der Waals surface area (Å²) in [5.41, 5.74) is 0.402. The Morgan fingerprint density at radius 3 is 2.29 bits per heavy atom. The number of rotatable bonds is 4. The number of halogens is 3. The lowest BCUT2D eigenvalue weighted by molar-refractivity contribution is -0.137. The van der Waals surface area contributed by atoms with Gasteiger partial charge in [0.15, 0.2) is 0 Å². The van der Waals surface area contributed by atoms with Crippen molar-refractivity contribution >= 4 is 23.2 Å². The number of anilines is 3. The monoisotopic (exact) mass is 383 g/mol. The zero-order valence-corrected chi connectivity index (χ0v) is 14.2. The van der Waals surface area contributed by atoms with Crippen molar-refractivity contribution in [2.24, 2.45) is 0 Å². The Morgan fingerprint density at radius 2 is 1.68 bits per heavy atom. The molecule has 0 unspecified atom stereocenters. The van der Waals surface area contributed by atoms with Gasteiger partial charge in [0.2, 0.25) is 5.95 Å². The molecule has 0 fully saturated rings. The highest BCUT2D eigenvalue weighted by atomic mass is 19.4. The lowest BCUT2D eigenvalue weighted by Crippen LogP contribution is -2.14. The molecule has 0 radical (unpaired) electrons. The van der Waals surface area contributed by atoms with Crippen molar-refractivity contribution in [3.8, 4) is 6.07 Å². The molecule has 3 rings (SSSR count). The van der Waals surface area contributed by atoms with Gasteiger partial charge in [-0.3, -0.25) is 4.79 Å². The van der Waals surface area contributed by atoms with Gasteiger partial charge < -0.3 is 10.6 Å². The van der Waals surface area contributed by atoms with Crippen molar-refractivity contribution < 1.29 is 18.0 Å². The van der Waals surface area contributed by atoms with Gasteiger partial charge in [-0.25, -0.2) is 9.97 Å². The van der Waals surface area contributed by atoms with Crippen molar-refractivity contribution in [1.29, 1.82) is 5.26 Å². The number of hydrogen-bond donors (Lipinski definition) is 2. The number of amides is 1. The molecule has 0 spiro atoms. The first kappa shape index (κ1) is 18.8. The topological polar surface area (TPSA) is 90.7 Å². The minimum absolute atomic E-state index is 0.0135. The lowest BCUT2D eigenvalue weighted by atomic mass is 10.2. The number of nitrogens with one attached hydrogen (secondary N) is 2. The van der Waals surface area contributed by atoms with Crippen molar-refractivity contribution in [2.75, 3.05) is 10.6 Å².